The second-order valence-electron chi connectivity index (χ2n) is 5.61. The van der Waals surface area contributed by atoms with Crippen LogP contribution in [0.25, 0.3) is 5.65 Å². The lowest BCUT2D eigenvalue weighted by atomic mass is 10.1. The molecular formula is C14H20N4. The molecule has 2 unspecified atom stereocenters. The molecule has 0 radical (unpaired) electrons. The summed E-state index contributed by atoms with van der Waals surface area (Å²) in [7, 11) is 0. The quantitative estimate of drug-likeness (QED) is 0.902. The Labute approximate surface area is 107 Å². The molecule has 18 heavy (non-hydrogen) atoms. The Kier molecular flexibility index (Phi) is 2.94. The summed E-state index contributed by atoms with van der Waals surface area (Å²) in [5.74, 6) is 2.75. The summed E-state index contributed by atoms with van der Waals surface area (Å²) in [5.41, 5.74) is 2.13. The number of hydrogen-bond acceptors (Lipinski definition) is 3. The van der Waals surface area contributed by atoms with Crippen LogP contribution in [0, 0.1) is 18.8 Å². The normalized spacial score (nSPS) is 23.7. The molecule has 1 aliphatic rings. The van der Waals surface area contributed by atoms with E-state index < -0.39 is 0 Å². The molecular weight excluding hydrogens is 224 g/mol. The van der Waals surface area contributed by atoms with Crippen molar-refractivity contribution in [1.29, 1.82) is 0 Å². The summed E-state index contributed by atoms with van der Waals surface area (Å²) in [6.45, 7) is 5.49. The van der Waals surface area contributed by atoms with E-state index in [0.717, 1.165) is 29.8 Å². The standard InChI is InChI=1S/C14H20N4/c1-10-3-4-12(5-10)8-15-13-6-11(2)7-14-16-9-17-18(13)14/h6-7,9-10,12,15H,3-5,8H2,1-2H3. The van der Waals surface area contributed by atoms with Crippen LogP contribution in [0.15, 0.2) is 18.5 Å². The molecule has 0 aliphatic heterocycles. The fraction of sp³-hybridized carbons (Fsp3) is 0.571. The van der Waals surface area contributed by atoms with Crippen LogP contribution in [0.1, 0.15) is 31.7 Å². The molecule has 2 atom stereocenters. The number of pyridine rings is 1. The van der Waals surface area contributed by atoms with Gasteiger partial charge in [0.25, 0.3) is 0 Å². The zero-order chi connectivity index (χ0) is 12.5. The molecule has 2 aromatic heterocycles. The Morgan fingerprint density at radius 1 is 1.39 bits per heavy atom. The largest absolute Gasteiger partial charge is 0.370 e. The van der Waals surface area contributed by atoms with Crippen molar-refractivity contribution >= 4 is 11.5 Å². The van der Waals surface area contributed by atoms with E-state index in [0.29, 0.717) is 0 Å². The highest BCUT2D eigenvalue weighted by atomic mass is 15.3. The Balaban J connectivity index is 1.75. The van der Waals surface area contributed by atoms with Crippen LogP contribution in [0.5, 0.6) is 0 Å². The van der Waals surface area contributed by atoms with Crippen LogP contribution in [0.3, 0.4) is 0 Å². The second-order valence-corrected chi connectivity index (χ2v) is 5.61. The Hall–Kier alpha value is -1.58. The van der Waals surface area contributed by atoms with Crippen molar-refractivity contribution < 1.29 is 0 Å². The third-order valence-electron chi connectivity index (χ3n) is 3.90. The molecule has 0 bridgehead atoms. The van der Waals surface area contributed by atoms with Crippen LogP contribution < -0.4 is 5.32 Å². The molecule has 2 heterocycles. The number of aromatic nitrogens is 3. The van der Waals surface area contributed by atoms with Crippen molar-refractivity contribution in [2.45, 2.75) is 33.1 Å². The van der Waals surface area contributed by atoms with Crippen LogP contribution in [0.4, 0.5) is 5.82 Å². The smallest absolute Gasteiger partial charge is 0.157 e. The highest BCUT2D eigenvalue weighted by Gasteiger charge is 2.21. The number of anilines is 1. The van der Waals surface area contributed by atoms with Gasteiger partial charge in [0.1, 0.15) is 12.1 Å². The zero-order valence-electron chi connectivity index (χ0n) is 11.1. The summed E-state index contributed by atoms with van der Waals surface area (Å²) in [6.07, 6.45) is 5.68. The van der Waals surface area contributed by atoms with Gasteiger partial charge in [0.15, 0.2) is 5.65 Å². The summed E-state index contributed by atoms with van der Waals surface area (Å²) >= 11 is 0. The van der Waals surface area contributed by atoms with Crippen molar-refractivity contribution in [2.75, 3.05) is 11.9 Å². The van der Waals surface area contributed by atoms with Gasteiger partial charge >= 0.3 is 0 Å². The van der Waals surface area contributed by atoms with E-state index in [4.69, 9.17) is 0 Å². The van der Waals surface area contributed by atoms with E-state index >= 15 is 0 Å². The van der Waals surface area contributed by atoms with Gasteiger partial charge in [0, 0.05) is 6.54 Å². The fourth-order valence-electron chi connectivity index (χ4n) is 2.94. The second kappa shape index (κ2) is 4.59. The number of rotatable bonds is 3. The maximum Gasteiger partial charge on any atom is 0.157 e. The van der Waals surface area contributed by atoms with Gasteiger partial charge in [-0.15, -0.1) is 0 Å². The first-order valence-electron chi connectivity index (χ1n) is 6.76. The highest BCUT2D eigenvalue weighted by molar-refractivity contribution is 5.51. The predicted molar refractivity (Wildman–Crippen MR) is 72.7 cm³/mol. The monoisotopic (exact) mass is 244 g/mol. The molecule has 2 aromatic rings. The van der Waals surface area contributed by atoms with Crippen molar-refractivity contribution in [3.63, 3.8) is 0 Å². The van der Waals surface area contributed by atoms with Crippen molar-refractivity contribution in [2.24, 2.45) is 11.8 Å². The molecule has 1 N–H and O–H groups in total. The van der Waals surface area contributed by atoms with E-state index in [9.17, 15) is 0 Å². The first kappa shape index (κ1) is 11.5. The maximum atomic E-state index is 4.26. The van der Waals surface area contributed by atoms with Crippen molar-refractivity contribution in [3.8, 4) is 0 Å². The lowest BCUT2D eigenvalue weighted by Gasteiger charge is -2.13. The summed E-state index contributed by atoms with van der Waals surface area (Å²) in [4.78, 5) is 4.24. The number of aryl methyl sites for hydroxylation is 1. The minimum Gasteiger partial charge on any atom is -0.370 e. The molecule has 1 fully saturated rings. The van der Waals surface area contributed by atoms with Crippen molar-refractivity contribution in [1.82, 2.24) is 14.6 Å². The third kappa shape index (κ3) is 2.19. The first-order valence-corrected chi connectivity index (χ1v) is 6.76. The SMILES string of the molecule is Cc1cc(NCC2CCC(C)C2)n2ncnc2c1. The molecule has 4 nitrogen and oxygen atoms in total. The van der Waals surface area contributed by atoms with Gasteiger partial charge in [-0.1, -0.05) is 13.3 Å². The molecule has 4 heteroatoms. The predicted octanol–water partition coefficient (Wildman–Crippen LogP) is 2.89. The van der Waals surface area contributed by atoms with E-state index in [2.05, 4.69) is 41.4 Å². The third-order valence-corrected chi connectivity index (χ3v) is 3.90. The van der Waals surface area contributed by atoms with Crippen LogP contribution in [-0.2, 0) is 0 Å². The molecule has 1 aliphatic carbocycles. The van der Waals surface area contributed by atoms with Gasteiger partial charge < -0.3 is 5.32 Å². The first-order chi connectivity index (χ1) is 8.72. The lowest BCUT2D eigenvalue weighted by Crippen LogP contribution is -2.14. The maximum absolute atomic E-state index is 4.26. The average molecular weight is 244 g/mol. The van der Waals surface area contributed by atoms with E-state index in [1.54, 1.807) is 6.33 Å². The van der Waals surface area contributed by atoms with Crippen LogP contribution in [-0.4, -0.2) is 21.1 Å². The minimum atomic E-state index is 0.805. The number of fused-ring (bicyclic) bond motifs is 1. The number of nitrogens with one attached hydrogen (secondary N) is 1. The van der Waals surface area contributed by atoms with Crippen LogP contribution in [0.2, 0.25) is 0 Å². The lowest BCUT2D eigenvalue weighted by molar-refractivity contribution is 0.536. The molecule has 0 aromatic carbocycles. The van der Waals surface area contributed by atoms with E-state index in [1.165, 1.54) is 24.8 Å². The van der Waals surface area contributed by atoms with Crippen molar-refractivity contribution in [3.05, 3.63) is 24.0 Å². The fourth-order valence-corrected chi connectivity index (χ4v) is 2.94. The molecule has 0 amide bonds. The average Bonchev–Trinajstić information content (AvgIpc) is 2.94. The van der Waals surface area contributed by atoms with Gasteiger partial charge in [-0.25, -0.2) is 4.98 Å². The van der Waals surface area contributed by atoms with Gasteiger partial charge in [-0.2, -0.15) is 9.61 Å². The molecule has 96 valence electrons. The van der Waals surface area contributed by atoms with Gasteiger partial charge in [0.2, 0.25) is 0 Å². The molecule has 3 rings (SSSR count). The minimum absolute atomic E-state index is 0.805. The topological polar surface area (TPSA) is 42.2 Å². The molecule has 1 saturated carbocycles. The van der Waals surface area contributed by atoms with Gasteiger partial charge in [0.05, 0.1) is 0 Å². The summed E-state index contributed by atoms with van der Waals surface area (Å²) < 4.78 is 1.88. The summed E-state index contributed by atoms with van der Waals surface area (Å²) in [6, 6.07) is 4.19. The molecule has 0 saturated heterocycles. The highest BCUT2D eigenvalue weighted by Crippen LogP contribution is 2.30. The Bertz CT molecular complexity index is 546. The number of nitrogens with zero attached hydrogens (tertiary/aromatic N) is 3. The summed E-state index contributed by atoms with van der Waals surface area (Å²) in [5, 5.41) is 7.80. The van der Waals surface area contributed by atoms with E-state index in [1.807, 2.05) is 4.52 Å². The van der Waals surface area contributed by atoms with Crippen LogP contribution >= 0.6 is 0 Å². The Morgan fingerprint density at radius 2 is 2.28 bits per heavy atom. The Morgan fingerprint density at radius 3 is 3.06 bits per heavy atom. The molecule has 0 spiro atoms. The van der Waals surface area contributed by atoms with Gasteiger partial charge in [-0.05, 0) is 49.3 Å². The van der Waals surface area contributed by atoms with E-state index in [-0.39, 0.29) is 0 Å². The number of hydrogen-bond donors (Lipinski definition) is 1. The zero-order valence-corrected chi connectivity index (χ0v) is 11.1. The van der Waals surface area contributed by atoms with Gasteiger partial charge in [-0.3, -0.25) is 0 Å².